The molecule has 1 aliphatic rings. The minimum atomic E-state index is -2.19. The maximum absolute atomic E-state index is 11.7. The maximum atomic E-state index is 11.7. The standard InChI is InChI=1S/C24H26Cl3NO7/c1-15(29)33-21-19(30)20(32-13-17-10-6-3-7-11-17)18(14-31-12-16-8-4-2-5-9-16)34-22(21)35-23(28)24(25,26)27/h2-11,18-22,28,30H,12-14H2,1H3/t18?,19?,20-,21?,22-/m1/s1. The highest BCUT2D eigenvalue weighted by Crippen LogP contribution is 2.32. The minimum Gasteiger partial charge on any atom is -0.453 e. The molecule has 0 aromatic heterocycles. The van der Waals surface area contributed by atoms with Gasteiger partial charge in [-0.05, 0) is 11.1 Å². The fourth-order valence-electron chi connectivity index (χ4n) is 3.46. The maximum Gasteiger partial charge on any atom is 0.303 e. The fraction of sp³-hybridized carbons (Fsp3) is 0.417. The number of aliphatic hydroxyl groups is 1. The number of alkyl halides is 3. The molecule has 0 spiro atoms. The van der Waals surface area contributed by atoms with E-state index in [4.69, 9.17) is 63.9 Å². The number of hydrogen-bond donors (Lipinski definition) is 2. The summed E-state index contributed by atoms with van der Waals surface area (Å²) in [5.41, 5.74) is 1.80. The molecule has 1 aliphatic heterocycles. The summed E-state index contributed by atoms with van der Waals surface area (Å²) in [6.45, 7) is 1.60. The second-order valence-electron chi connectivity index (χ2n) is 7.81. The van der Waals surface area contributed by atoms with Crippen LogP contribution in [0.25, 0.3) is 0 Å². The quantitative estimate of drug-likeness (QED) is 0.210. The number of carbonyl (C=O) groups excluding carboxylic acids is 1. The van der Waals surface area contributed by atoms with Crippen molar-refractivity contribution in [2.45, 2.75) is 54.6 Å². The number of hydrogen-bond acceptors (Lipinski definition) is 8. The molecule has 11 heteroatoms. The fourth-order valence-corrected chi connectivity index (χ4v) is 3.60. The van der Waals surface area contributed by atoms with Gasteiger partial charge in [0.15, 0.2) is 6.10 Å². The Balaban J connectivity index is 1.79. The SMILES string of the molecule is CC(=O)OC1C(O)[C@H](OCc2ccccc2)C(COCc2ccccc2)O[C@@H]1OC(=N)C(Cl)(Cl)Cl. The van der Waals surface area contributed by atoms with Gasteiger partial charge in [0.2, 0.25) is 12.2 Å². The highest BCUT2D eigenvalue weighted by Gasteiger charge is 2.50. The van der Waals surface area contributed by atoms with Gasteiger partial charge in [0, 0.05) is 6.92 Å². The van der Waals surface area contributed by atoms with Gasteiger partial charge in [0.05, 0.1) is 19.8 Å². The van der Waals surface area contributed by atoms with E-state index in [1.807, 2.05) is 60.7 Å². The smallest absolute Gasteiger partial charge is 0.303 e. The van der Waals surface area contributed by atoms with E-state index in [9.17, 15) is 9.90 Å². The number of benzene rings is 2. The summed E-state index contributed by atoms with van der Waals surface area (Å²) in [7, 11) is 0. The molecule has 0 bridgehead atoms. The first-order valence-electron chi connectivity index (χ1n) is 10.8. The predicted octanol–water partition coefficient (Wildman–Crippen LogP) is 4.17. The van der Waals surface area contributed by atoms with Crippen molar-refractivity contribution in [1.82, 2.24) is 0 Å². The Morgan fingerprint density at radius 2 is 1.54 bits per heavy atom. The molecule has 0 amide bonds. The van der Waals surface area contributed by atoms with Crippen LogP contribution in [0.1, 0.15) is 18.1 Å². The van der Waals surface area contributed by atoms with Gasteiger partial charge >= 0.3 is 5.97 Å². The van der Waals surface area contributed by atoms with Crippen molar-refractivity contribution in [3.63, 3.8) is 0 Å². The zero-order chi connectivity index (χ0) is 25.4. The largest absolute Gasteiger partial charge is 0.453 e. The van der Waals surface area contributed by atoms with Crippen LogP contribution in [-0.4, -0.2) is 58.1 Å². The predicted molar refractivity (Wildman–Crippen MR) is 130 cm³/mol. The molecule has 1 fully saturated rings. The van der Waals surface area contributed by atoms with Crippen LogP contribution < -0.4 is 0 Å². The summed E-state index contributed by atoms with van der Waals surface area (Å²) in [5, 5.41) is 19.0. The van der Waals surface area contributed by atoms with E-state index in [-0.39, 0.29) is 19.8 Å². The van der Waals surface area contributed by atoms with Gasteiger partial charge in [-0.2, -0.15) is 0 Å². The second-order valence-corrected chi connectivity index (χ2v) is 10.1. The van der Waals surface area contributed by atoms with Crippen molar-refractivity contribution in [2.75, 3.05) is 6.61 Å². The Bertz CT molecular complexity index is 959. The average Bonchev–Trinajstić information content (AvgIpc) is 2.81. The highest BCUT2D eigenvalue weighted by atomic mass is 35.6. The number of rotatable bonds is 9. The summed E-state index contributed by atoms with van der Waals surface area (Å²) in [4.78, 5) is 11.7. The first kappa shape index (κ1) is 27.7. The minimum absolute atomic E-state index is 0.000830. The molecule has 2 aromatic carbocycles. The summed E-state index contributed by atoms with van der Waals surface area (Å²) < 4.78 is 26.2. The lowest BCUT2D eigenvalue weighted by Crippen LogP contribution is -2.61. The van der Waals surface area contributed by atoms with Gasteiger partial charge < -0.3 is 28.8 Å². The van der Waals surface area contributed by atoms with Gasteiger partial charge in [0.25, 0.3) is 3.79 Å². The van der Waals surface area contributed by atoms with E-state index in [0.717, 1.165) is 11.1 Å². The zero-order valence-corrected chi connectivity index (χ0v) is 21.1. The van der Waals surface area contributed by atoms with E-state index < -0.39 is 46.4 Å². The molecule has 0 saturated carbocycles. The van der Waals surface area contributed by atoms with Gasteiger partial charge in [-0.25, -0.2) is 0 Å². The first-order chi connectivity index (χ1) is 16.6. The zero-order valence-electron chi connectivity index (χ0n) is 18.8. The van der Waals surface area contributed by atoms with Crippen molar-refractivity contribution in [3.8, 4) is 0 Å². The third kappa shape index (κ3) is 8.32. The third-order valence-corrected chi connectivity index (χ3v) is 5.60. The summed E-state index contributed by atoms with van der Waals surface area (Å²) in [5.74, 6) is -1.46. The second kappa shape index (κ2) is 12.9. The number of ether oxygens (including phenoxy) is 5. The molecular formula is C24H26Cl3NO7. The van der Waals surface area contributed by atoms with Crippen LogP contribution in [0.2, 0.25) is 0 Å². The van der Waals surface area contributed by atoms with E-state index >= 15 is 0 Å². The van der Waals surface area contributed by atoms with Crippen molar-refractivity contribution in [1.29, 1.82) is 5.41 Å². The molecule has 1 heterocycles. The molecule has 1 saturated heterocycles. The van der Waals surface area contributed by atoms with E-state index in [0.29, 0.717) is 0 Å². The molecule has 35 heavy (non-hydrogen) atoms. The van der Waals surface area contributed by atoms with Crippen LogP contribution >= 0.6 is 34.8 Å². The molecule has 3 rings (SSSR count). The Kier molecular flexibility index (Phi) is 10.2. The van der Waals surface area contributed by atoms with E-state index in [1.54, 1.807) is 0 Å². The lowest BCUT2D eigenvalue weighted by atomic mass is 9.98. The van der Waals surface area contributed by atoms with E-state index in [2.05, 4.69) is 0 Å². The van der Waals surface area contributed by atoms with Gasteiger partial charge in [-0.3, -0.25) is 10.2 Å². The third-order valence-electron chi connectivity index (χ3n) is 5.09. The van der Waals surface area contributed by atoms with Gasteiger partial charge in [0.1, 0.15) is 18.3 Å². The van der Waals surface area contributed by atoms with Crippen LogP contribution in [0.5, 0.6) is 0 Å². The lowest BCUT2D eigenvalue weighted by Gasteiger charge is -2.43. The molecule has 0 aliphatic carbocycles. The first-order valence-corrected chi connectivity index (χ1v) is 11.9. The van der Waals surface area contributed by atoms with Crippen molar-refractivity contribution in [3.05, 3.63) is 71.8 Å². The van der Waals surface area contributed by atoms with Crippen molar-refractivity contribution >= 4 is 46.7 Å². The number of halogens is 3. The number of nitrogens with one attached hydrogen (secondary N) is 1. The Hall–Kier alpha value is -1.91. The van der Waals surface area contributed by atoms with Gasteiger partial charge in [-0.1, -0.05) is 95.5 Å². The topological polar surface area (TPSA) is 107 Å². The van der Waals surface area contributed by atoms with Gasteiger partial charge in [-0.15, -0.1) is 0 Å². The molecule has 2 N–H and O–H groups in total. The van der Waals surface area contributed by atoms with Crippen LogP contribution in [-0.2, 0) is 41.7 Å². The summed E-state index contributed by atoms with van der Waals surface area (Å²) in [6.07, 6.45) is -6.02. The molecule has 2 aromatic rings. The number of esters is 1. The summed E-state index contributed by atoms with van der Waals surface area (Å²) in [6, 6.07) is 18.8. The monoisotopic (exact) mass is 545 g/mol. The number of carbonyl (C=O) groups is 1. The molecule has 190 valence electrons. The summed E-state index contributed by atoms with van der Waals surface area (Å²) >= 11 is 17.2. The average molecular weight is 547 g/mol. The highest BCUT2D eigenvalue weighted by molar-refractivity contribution is 6.76. The Labute approximate surface area is 218 Å². The van der Waals surface area contributed by atoms with Crippen LogP contribution in [0.4, 0.5) is 0 Å². The molecule has 0 radical (unpaired) electrons. The van der Waals surface area contributed by atoms with Crippen molar-refractivity contribution < 1.29 is 33.6 Å². The molecule has 3 unspecified atom stereocenters. The van der Waals surface area contributed by atoms with Crippen molar-refractivity contribution in [2.24, 2.45) is 0 Å². The normalized spacial score (nSPS) is 24.5. The van der Waals surface area contributed by atoms with E-state index in [1.165, 1.54) is 6.92 Å². The molecular weight excluding hydrogens is 521 g/mol. The van der Waals surface area contributed by atoms with Crippen LogP contribution in [0, 0.1) is 5.41 Å². The Morgan fingerprint density at radius 3 is 2.09 bits per heavy atom. The number of aliphatic hydroxyl groups excluding tert-OH is 1. The van der Waals surface area contributed by atoms with Crippen LogP contribution in [0.15, 0.2) is 60.7 Å². The lowest BCUT2D eigenvalue weighted by molar-refractivity contribution is -0.297. The molecule has 5 atom stereocenters. The molecule has 8 nitrogen and oxygen atoms in total. The van der Waals surface area contributed by atoms with Crippen LogP contribution in [0.3, 0.4) is 0 Å². The Morgan fingerprint density at radius 1 is 0.971 bits per heavy atom.